The van der Waals surface area contributed by atoms with Gasteiger partial charge in [0, 0.05) is 0 Å². The van der Waals surface area contributed by atoms with E-state index in [1.807, 2.05) is 13.8 Å². The number of carbonyl (C=O) groups excluding carboxylic acids is 1. The predicted octanol–water partition coefficient (Wildman–Crippen LogP) is 2.95. The second-order valence-corrected chi connectivity index (χ2v) is 4.91. The van der Waals surface area contributed by atoms with Crippen molar-refractivity contribution in [2.24, 2.45) is 0 Å². The minimum absolute atomic E-state index is 0.0221. The maximum Gasteiger partial charge on any atom is 0.261 e. The summed E-state index contributed by atoms with van der Waals surface area (Å²) < 4.78 is 0. The Morgan fingerprint density at radius 1 is 1.10 bits per heavy atom. The van der Waals surface area contributed by atoms with Crippen molar-refractivity contribution in [1.29, 1.82) is 0 Å². The standard InChI is InChI=1S/C13H13Cl2N5O/c1-3-8-9(4-2)19-20-13(16-8)18-12(21)7-5-6-10(14)17-11(7)15/h5-6H,3-4H2,1-2H3,(H,16,18,20,21). The molecule has 1 N–H and O–H groups in total. The van der Waals surface area contributed by atoms with Gasteiger partial charge in [-0.3, -0.25) is 10.1 Å². The van der Waals surface area contributed by atoms with Gasteiger partial charge in [-0.1, -0.05) is 37.0 Å². The summed E-state index contributed by atoms with van der Waals surface area (Å²) in [7, 11) is 0. The van der Waals surface area contributed by atoms with Crippen LogP contribution in [0, 0.1) is 0 Å². The summed E-state index contributed by atoms with van der Waals surface area (Å²) >= 11 is 11.6. The molecule has 0 atom stereocenters. The van der Waals surface area contributed by atoms with Gasteiger partial charge in [0.25, 0.3) is 5.91 Å². The van der Waals surface area contributed by atoms with Crippen LogP contribution in [0.3, 0.4) is 0 Å². The number of carbonyl (C=O) groups is 1. The summed E-state index contributed by atoms with van der Waals surface area (Å²) in [5.41, 5.74) is 1.83. The first-order valence-electron chi connectivity index (χ1n) is 6.41. The van der Waals surface area contributed by atoms with Gasteiger partial charge in [0.15, 0.2) is 0 Å². The van der Waals surface area contributed by atoms with Crippen LogP contribution in [0.5, 0.6) is 0 Å². The van der Waals surface area contributed by atoms with Crippen LogP contribution in [0.1, 0.15) is 35.6 Å². The Bertz CT molecular complexity index is 678. The molecule has 0 spiro atoms. The van der Waals surface area contributed by atoms with Crippen molar-refractivity contribution >= 4 is 35.1 Å². The molecular formula is C13H13Cl2N5O. The van der Waals surface area contributed by atoms with Gasteiger partial charge in [0.2, 0.25) is 5.95 Å². The molecule has 21 heavy (non-hydrogen) atoms. The van der Waals surface area contributed by atoms with E-state index in [2.05, 4.69) is 25.5 Å². The molecule has 0 fully saturated rings. The van der Waals surface area contributed by atoms with Gasteiger partial charge in [-0.05, 0) is 25.0 Å². The van der Waals surface area contributed by atoms with Crippen LogP contribution in [0.15, 0.2) is 12.1 Å². The molecule has 1 amide bonds. The first-order valence-corrected chi connectivity index (χ1v) is 7.16. The van der Waals surface area contributed by atoms with Crippen LogP contribution in [0.4, 0.5) is 5.95 Å². The number of rotatable bonds is 4. The minimum atomic E-state index is -0.461. The minimum Gasteiger partial charge on any atom is -0.289 e. The molecule has 6 nitrogen and oxygen atoms in total. The molecule has 2 aromatic rings. The lowest BCUT2D eigenvalue weighted by molar-refractivity contribution is 0.102. The third kappa shape index (κ3) is 3.65. The molecule has 0 saturated carbocycles. The molecule has 0 bridgehead atoms. The third-order valence-corrected chi connectivity index (χ3v) is 3.29. The average Bonchev–Trinajstić information content (AvgIpc) is 2.46. The topological polar surface area (TPSA) is 80.7 Å². The molecule has 0 aliphatic rings. The van der Waals surface area contributed by atoms with E-state index in [1.165, 1.54) is 12.1 Å². The Balaban J connectivity index is 2.23. The molecule has 0 saturated heterocycles. The van der Waals surface area contributed by atoms with Crippen LogP contribution < -0.4 is 5.32 Å². The number of amides is 1. The number of nitrogens with zero attached hydrogens (tertiary/aromatic N) is 4. The van der Waals surface area contributed by atoms with Crippen molar-refractivity contribution in [3.05, 3.63) is 39.4 Å². The van der Waals surface area contributed by atoms with Crippen molar-refractivity contribution in [2.75, 3.05) is 5.32 Å². The molecule has 0 unspecified atom stereocenters. The Morgan fingerprint density at radius 3 is 2.43 bits per heavy atom. The maximum atomic E-state index is 12.1. The van der Waals surface area contributed by atoms with Crippen LogP contribution in [0.2, 0.25) is 10.3 Å². The van der Waals surface area contributed by atoms with Crippen LogP contribution >= 0.6 is 23.2 Å². The molecule has 2 rings (SSSR count). The monoisotopic (exact) mass is 325 g/mol. The first kappa shape index (κ1) is 15.6. The fraction of sp³-hybridized carbons (Fsp3) is 0.308. The van der Waals surface area contributed by atoms with Crippen LogP contribution in [0.25, 0.3) is 0 Å². The molecule has 110 valence electrons. The van der Waals surface area contributed by atoms with Gasteiger partial charge in [-0.25, -0.2) is 9.97 Å². The van der Waals surface area contributed by atoms with Gasteiger partial charge in [0.05, 0.1) is 17.0 Å². The highest BCUT2D eigenvalue weighted by molar-refractivity contribution is 6.35. The lowest BCUT2D eigenvalue weighted by atomic mass is 10.2. The number of aryl methyl sites for hydroxylation is 2. The molecule has 2 heterocycles. The second-order valence-electron chi connectivity index (χ2n) is 4.16. The van der Waals surface area contributed by atoms with E-state index in [9.17, 15) is 4.79 Å². The summed E-state index contributed by atoms with van der Waals surface area (Å²) in [6, 6.07) is 2.97. The van der Waals surface area contributed by atoms with Crippen molar-refractivity contribution in [1.82, 2.24) is 20.2 Å². The number of pyridine rings is 1. The highest BCUT2D eigenvalue weighted by Crippen LogP contribution is 2.17. The molecule has 0 aliphatic heterocycles. The fourth-order valence-corrected chi connectivity index (χ4v) is 2.17. The van der Waals surface area contributed by atoms with Crippen LogP contribution in [-0.4, -0.2) is 26.1 Å². The fourth-order valence-electron chi connectivity index (χ4n) is 1.74. The highest BCUT2D eigenvalue weighted by Gasteiger charge is 2.14. The number of aromatic nitrogens is 4. The number of hydrogen-bond donors (Lipinski definition) is 1. The molecule has 0 radical (unpaired) electrons. The zero-order valence-corrected chi connectivity index (χ0v) is 13.0. The lowest BCUT2D eigenvalue weighted by Gasteiger charge is -2.07. The summed E-state index contributed by atoms with van der Waals surface area (Å²) in [5, 5.41) is 10.7. The average molecular weight is 326 g/mol. The normalized spacial score (nSPS) is 10.5. The quantitative estimate of drug-likeness (QED) is 0.874. The highest BCUT2D eigenvalue weighted by atomic mass is 35.5. The summed E-state index contributed by atoms with van der Waals surface area (Å²) in [6.45, 7) is 3.94. The second kappa shape index (κ2) is 6.78. The molecule has 0 aromatic carbocycles. The summed E-state index contributed by atoms with van der Waals surface area (Å²) in [4.78, 5) is 20.2. The summed E-state index contributed by atoms with van der Waals surface area (Å²) in [5.74, 6) is -0.322. The van der Waals surface area contributed by atoms with E-state index in [4.69, 9.17) is 23.2 Å². The Kier molecular flexibility index (Phi) is 5.03. The van der Waals surface area contributed by atoms with Gasteiger partial charge in [0.1, 0.15) is 10.3 Å². The van der Waals surface area contributed by atoms with E-state index in [-0.39, 0.29) is 21.8 Å². The zero-order chi connectivity index (χ0) is 15.4. The number of nitrogens with one attached hydrogen (secondary N) is 1. The molecule has 0 aliphatic carbocycles. The van der Waals surface area contributed by atoms with Crippen molar-refractivity contribution < 1.29 is 4.79 Å². The predicted molar refractivity (Wildman–Crippen MR) is 80.8 cm³/mol. The van der Waals surface area contributed by atoms with Crippen molar-refractivity contribution in [3.63, 3.8) is 0 Å². The Labute approximate surface area is 131 Å². The molecule has 2 aromatic heterocycles. The van der Waals surface area contributed by atoms with E-state index in [0.717, 1.165) is 17.8 Å². The van der Waals surface area contributed by atoms with Crippen LogP contribution in [-0.2, 0) is 12.8 Å². The largest absolute Gasteiger partial charge is 0.289 e. The van der Waals surface area contributed by atoms with E-state index >= 15 is 0 Å². The first-order chi connectivity index (χ1) is 10.0. The molecule has 8 heteroatoms. The van der Waals surface area contributed by atoms with E-state index in [0.29, 0.717) is 6.42 Å². The Hall–Kier alpha value is -1.79. The number of halogens is 2. The number of hydrogen-bond acceptors (Lipinski definition) is 5. The SMILES string of the molecule is CCc1nnc(NC(=O)c2ccc(Cl)nc2Cl)nc1CC. The smallest absolute Gasteiger partial charge is 0.261 e. The zero-order valence-electron chi connectivity index (χ0n) is 11.5. The van der Waals surface area contributed by atoms with Gasteiger partial charge in [-0.15, -0.1) is 10.2 Å². The van der Waals surface area contributed by atoms with Gasteiger partial charge < -0.3 is 0 Å². The van der Waals surface area contributed by atoms with Crippen molar-refractivity contribution in [2.45, 2.75) is 26.7 Å². The van der Waals surface area contributed by atoms with Crippen molar-refractivity contribution in [3.8, 4) is 0 Å². The third-order valence-electron chi connectivity index (χ3n) is 2.79. The molecular weight excluding hydrogens is 313 g/mol. The number of anilines is 1. The lowest BCUT2D eigenvalue weighted by Crippen LogP contribution is -2.17. The van der Waals surface area contributed by atoms with Gasteiger partial charge >= 0.3 is 0 Å². The van der Waals surface area contributed by atoms with E-state index < -0.39 is 5.91 Å². The van der Waals surface area contributed by atoms with E-state index in [1.54, 1.807) is 0 Å². The summed E-state index contributed by atoms with van der Waals surface area (Å²) in [6.07, 6.45) is 1.45. The Morgan fingerprint density at radius 2 is 1.81 bits per heavy atom. The van der Waals surface area contributed by atoms with Gasteiger partial charge in [-0.2, -0.15) is 0 Å². The maximum absolute atomic E-state index is 12.1.